The van der Waals surface area contributed by atoms with Gasteiger partial charge in [-0.3, -0.25) is 4.79 Å². The zero-order valence-electron chi connectivity index (χ0n) is 10.7. The fourth-order valence-corrected chi connectivity index (χ4v) is 3.22. The Morgan fingerprint density at radius 2 is 2.00 bits per heavy atom. The standard InChI is InChI=1S/C13H24BrNO/c1-4-13(3,9-10-14)15-11(16)12(2)7-5-6-8-12/h4-10H2,1-3H3,(H,15,16). The number of carbonyl (C=O) groups is 1. The average Bonchev–Trinajstić information content (AvgIpc) is 2.67. The number of hydrogen-bond acceptors (Lipinski definition) is 1. The Kier molecular flexibility index (Phi) is 4.84. The van der Waals surface area contributed by atoms with Crippen molar-refractivity contribution in [3.63, 3.8) is 0 Å². The van der Waals surface area contributed by atoms with Crippen molar-refractivity contribution < 1.29 is 4.79 Å². The predicted octanol–water partition coefficient (Wildman–Crippen LogP) is 3.64. The van der Waals surface area contributed by atoms with Crippen LogP contribution in [0.5, 0.6) is 0 Å². The van der Waals surface area contributed by atoms with Gasteiger partial charge < -0.3 is 5.32 Å². The maximum Gasteiger partial charge on any atom is 0.226 e. The Morgan fingerprint density at radius 3 is 2.44 bits per heavy atom. The molecular weight excluding hydrogens is 266 g/mol. The van der Waals surface area contributed by atoms with Gasteiger partial charge in [-0.05, 0) is 32.6 Å². The van der Waals surface area contributed by atoms with Crippen LogP contribution in [0.3, 0.4) is 0 Å². The number of amides is 1. The minimum atomic E-state index is -0.108. The van der Waals surface area contributed by atoms with Gasteiger partial charge >= 0.3 is 0 Å². The molecule has 0 aromatic rings. The van der Waals surface area contributed by atoms with E-state index < -0.39 is 0 Å². The largest absolute Gasteiger partial charge is 0.350 e. The molecule has 0 radical (unpaired) electrons. The van der Waals surface area contributed by atoms with Crippen LogP contribution in [0.1, 0.15) is 59.3 Å². The number of halogens is 1. The molecule has 3 heteroatoms. The highest BCUT2D eigenvalue weighted by Crippen LogP contribution is 2.38. The van der Waals surface area contributed by atoms with Crippen molar-refractivity contribution in [1.82, 2.24) is 5.32 Å². The molecule has 0 spiro atoms. The van der Waals surface area contributed by atoms with Crippen LogP contribution in [0.4, 0.5) is 0 Å². The first-order valence-corrected chi connectivity index (χ1v) is 7.46. The zero-order chi connectivity index (χ0) is 12.2. The number of alkyl halides is 1. The monoisotopic (exact) mass is 289 g/mol. The second kappa shape index (κ2) is 5.52. The summed E-state index contributed by atoms with van der Waals surface area (Å²) in [6.45, 7) is 6.39. The summed E-state index contributed by atoms with van der Waals surface area (Å²) < 4.78 is 0. The lowest BCUT2D eigenvalue weighted by Gasteiger charge is -2.33. The number of rotatable bonds is 5. The number of nitrogens with one attached hydrogen (secondary N) is 1. The third-order valence-corrected chi connectivity index (χ3v) is 4.49. The van der Waals surface area contributed by atoms with Gasteiger partial charge in [-0.15, -0.1) is 0 Å². The topological polar surface area (TPSA) is 29.1 Å². The molecule has 0 aromatic carbocycles. The van der Waals surface area contributed by atoms with Gasteiger partial charge in [0.25, 0.3) is 0 Å². The lowest BCUT2D eigenvalue weighted by Crippen LogP contribution is -2.50. The molecule has 16 heavy (non-hydrogen) atoms. The fourth-order valence-electron chi connectivity index (χ4n) is 2.34. The van der Waals surface area contributed by atoms with Crippen molar-refractivity contribution in [1.29, 1.82) is 0 Å². The van der Waals surface area contributed by atoms with E-state index >= 15 is 0 Å². The molecule has 1 atom stereocenters. The van der Waals surface area contributed by atoms with Crippen molar-refractivity contribution in [2.24, 2.45) is 5.41 Å². The Hall–Kier alpha value is -0.0500. The molecule has 1 aliphatic carbocycles. The van der Waals surface area contributed by atoms with Crippen LogP contribution in [-0.4, -0.2) is 16.8 Å². The molecule has 0 bridgehead atoms. The van der Waals surface area contributed by atoms with Gasteiger partial charge in [0, 0.05) is 16.3 Å². The molecular formula is C13H24BrNO. The van der Waals surface area contributed by atoms with E-state index in [1.165, 1.54) is 12.8 Å². The summed E-state index contributed by atoms with van der Waals surface area (Å²) in [6, 6.07) is 0. The van der Waals surface area contributed by atoms with Gasteiger partial charge in [0.1, 0.15) is 0 Å². The molecule has 1 fully saturated rings. The summed E-state index contributed by atoms with van der Waals surface area (Å²) in [5.41, 5.74) is -0.158. The summed E-state index contributed by atoms with van der Waals surface area (Å²) in [4.78, 5) is 12.3. The molecule has 94 valence electrons. The molecule has 2 nitrogen and oxygen atoms in total. The lowest BCUT2D eigenvalue weighted by molar-refractivity contribution is -0.131. The minimum Gasteiger partial charge on any atom is -0.350 e. The zero-order valence-corrected chi connectivity index (χ0v) is 12.3. The summed E-state index contributed by atoms with van der Waals surface area (Å²) in [5, 5.41) is 4.20. The van der Waals surface area contributed by atoms with Gasteiger partial charge in [-0.1, -0.05) is 42.6 Å². The van der Waals surface area contributed by atoms with Crippen LogP contribution in [0.15, 0.2) is 0 Å². The summed E-state index contributed by atoms with van der Waals surface area (Å²) in [5.74, 6) is 0.260. The second-order valence-electron chi connectivity index (χ2n) is 5.58. The third kappa shape index (κ3) is 3.22. The Labute approximate surface area is 108 Å². The lowest BCUT2D eigenvalue weighted by atomic mass is 9.85. The Bertz CT molecular complexity index is 248. The third-order valence-electron chi connectivity index (χ3n) is 4.10. The highest BCUT2D eigenvalue weighted by atomic mass is 79.9. The van der Waals surface area contributed by atoms with Crippen LogP contribution in [0.2, 0.25) is 0 Å². The Balaban J connectivity index is 2.61. The quantitative estimate of drug-likeness (QED) is 0.770. The minimum absolute atomic E-state index is 0.0494. The normalized spacial score (nSPS) is 22.8. The SMILES string of the molecule is CCC(C)(CCBr)NC(=O)C1(C)CCCC1. The van der Waals surface area contributed by atoms with E-state index in [0.717, 1.165) is 31.0 Å². The molecule has 1 N–H and O–H groups in total. The average molecular weight is 290 g/mol. The fraction of sp³-hybridized carbons (Fsp3) is 0.923. The second-order valence-corrected chi connectivity index (χ2v) is 6.37. The molecule has 1 amide bonds. The van der Waals surface area contributed by atoms with Gasteiger partial charge in [-0.25, -0.2) is 0 Å². The van der Waals surface area contributed by atoms with Crippen molar-refractivity contribution in [3.05, 3.63) is 0 Å². The summed E-state index contributed by atoms with van der Waals surface area (Å²) in [7, 11) is 0. The Morgan fingerprint density at radius 1 is 1.44 bits per heavy atom. The van der Waals surface area contributed by atoms with Crippen LogP contribution in [-0.2, 0) is 4.79 Å². The van der Waals surface area contributed by atoms with E-state index in [4.69, 9.17) is 0 Å². The van der Waals surface area contributed by atoms with E-state index in [1.54, 1.807) is 0 Å². The van der Waals surface area contributed by atoms with Crippen LogP contribution in [0, 0.1) is 5.41 Å². The van der Waals surface area contributed by atoms with Crippen molar-refractivity contribution in [3.8, 4) is 0 Å². The first-order valence-electron chi connectivity index (χ1n) is 6.34. The summed E-state index contributed by atoms with van der Waals surface area (Å²) in [6.07, 6.45) is 6.47. The van der Waals surface area contributed by atoms with Crippen LogP contribution >= 0.6 is 15.9 Å². The van der Waals surface area contributed by atoms with Crippen molar-refractivity contribution in [2.75, 3.05) is 5.33 Å². The van der Waals surface area contributed by atoms with Gasteiger partial charge in [0.05, 0.1) is 0 Å². The van der Waals surface area contributed by atoms with E-state index in [1.807, 2.05) is 0 Å². The van der Waals surface area contributed by atoms with E-state index in [2.05, 4.69) is 42.0 Å². The maximum absolute atomic E-state index is 12.3. The first kappa shape index (κ1) is 14.0. The van der Waals surface area contributed by atoms with E-state index in [0.29, 0.717) is 0 Å². The van der Waals surface area contributed by atoms with Crippen LogP contribution < -0.4 is 5.32 Å². The van der Waals surface area contributed by atoms with Gasteiger partial charge in [0.15, 0.2) is 0 Å². The number of carbonyl (C=O) groups excluding carboxylic acids is 1. The highest BCUT2D eigenvalue weighted by Gasteiger charge is 2.38. The van der Waals surface area contributed by atoms with E-state index in [9.17, 15) is 4.79 Å². The molecule has 0 aromatic heterocycles. The smallest absolute Gasteiger partial charge is 0.226 e. The van der Waals surface area contributed by atoms with E-state index in [-0.39, 0.29) is 16.9 Å². The maximum atomic E-state index is 12.3. The molecule has 0 heterocycles. The van der Waals surface area contributed by atoms with Crippen LogP contribution in [0.25, 0.3) is 0 Å². The molecule has 1 unspecified atom stereocenters. The molecule has 0 aliphatic heterocycles. The molecule has 1 aliphatic rings. The highest BCUT2D eigenvalue weighted by molar-refractivity contribution is 9.09. The van der Waals surface area contributed by atoms with Crippen molar-refractivity contribution >= 4 is 21.8 Å². The molecule has 0 saturated heterocycles. The predicted molar refractivity (Wildman–Crippen MR) is 71.8 cm³/mol. The van der Waals surface area contributed by atoms with Gasteiger partial charge in [0.2, 0.25) is 5.91 Å². The number of hydrogen-bond donors (Lipinski definition) is 1. The van der Waals surface area contributed by atoms with Crippen molar-refractivity contribution in [2.45, 2.75) is 64.8 Å². The van der Waals surface area contributed by atoms with Gasteiger partial charge in [-0.2, -0.15) is 0 Å². The summed E-state index contributed by atoms with van der Waals surface area (Å²) >= 11 is 3.46. The molecule has 1 saturated carbocycles. The molecule has 1 rings (SSSR count). The first-order chi connectivity index (χ1) is 7.46.